The molecule has 5 nitrogen and oxygen atoms in total. The SMILES string of the molecule is O=C(CC1CCCC1)N1CCc2cc(C(O)NO)ccc2C1. The Kier molecular flexibility index (Phi) is 4.76. The van der Waals surface area contributed by atoms with Crippen LogP contribution >= 0.6 is 0 Å². The van der Waals surface area contributed by atoms with E-state index in [1.165, 1.54) is 25.7 Å². The molecule has 0 spiro atoms. The first-order valence-electron chi connectivity index (χ1n) is 8.14. The molecule has 1 aromatic rings. The van der Waals surface area contributed by atoms with Gasteiger partial charge in [0.25, 0.3) is 0 Å². The summed E-state index contributed by atoms with van der Waals surface area (Å²) in [6.07, 6.45) is 5.37. The fourth-order valence-electron chi connectivity index (χ4n) is 3.62. The number of hydrogen-bond acceptors (Lipinski definition) is 4. The van der Waals surface area contributed by atoms with E-state index in [-0.39, 0.29) is 5.91 Å². The number of benzene rings is 1. The van der Waals surface area contributed by atoms with Gasteiger partial charge in [-0.15, -0.1) is 0 Å². The van der Waals surface area contributed by atoms with Crippen molar-refractivity contribution in [3.63, 3.8) is 0 Å². The first kappa shape index (κ1) is 15.5. The van der Waals surface area contributed by atoms with Crippen molar-refractivity contribution in [1.82, 2.24) is 10.4 Å². The summed E-state index contributed by atoms with van der Waals surface area (Å²) in [5.74, 6) is 0.862. The van der Waals surface area contributed by atoms with Crippen LogP contribution in [0, 0.1) is 5.92 Å². The number of aliphatic hydroxyl groups is 1. The summed E-state index contributed by atoms with van der Waals surface area (Å²) < 4.78 is 0. The maximum atomic E-state index is 12.4. The molecule has 1 aromatic carbocycles. The summed E-state index contributed by atoms with van der Waals surface area (Å²) >= 11 is 0. The molecular weight excluding hydrogens is 280 g/mol. The summed E-state index contributed by atoms with van der Waals surface area (Å²) in [6, 6.07) is 5.64. The molecule has 5 heteroatoms. The van der Waals surface area contributed by atoms with Gasteiger partial charge in [0.2, 0.25) is 5.91 Å². The molecule has 1 heterocycles. The average molecular weight is 304 g/mol. The Balaban J connectivity index is 1.64. The molecule has 0 saturated heterocycles. The lowest BCUT2D eigenvalue weighted by Crippen LogP contribution is -2.36. The van der Waals surface area contributed by atoms with Gasteiger partial charge in [0.1, 0.15) is 0 Å². The number of carbonyl (C=O) groups excluding carboxylic acids is 1. The molecule has 1 fully saturated rings. The molecule has 2 aliphatic rings. The van der Waals surface area contributed by atoms with E-state index >= 15 is 0 Å². The van der Waals surface area contributed by atoms with Crippen LogP contribution in [-0.2, 0) is 17.8 Å². The van der Waals surface area contributed by atoms with Crippen molar-refractivity contribution in [2.75, 3.05) is 6.54 Å². The molecule has 3 N–H and O–H groups in total. The predicted octanol–water partition coefficient (Wildman–Crippen LogP) is 2.12. The van der Waals surface area contributed by atoms with Crippen molar-refractivity contribution < 1.29 is 15.1 Å². The van der Waals surface area contributed by atoms with Gasteiger partial charge in [-0.3, -0.25) is 4.79 Å². The van der Waals surface area contributed by atoms with Crippen molar-refractivity contribution >= 4 is 5.91 Å². The third-order valence-electron chi connectivity index (χ3n) is 4.97. The van der Waals surface area contributed by atoms with E-state index in [4.69, 9.17) is 5.21 Å². The first-order valence-corrected chi connectivity index (χ1v) is 8.14. The van der Waals surface area contributed by atoms with Gasteiger partial charge in [0.05, 0.1) is 0 Å². The molecule has 0 aromatic heterocycles. The summed E-state index contributed by atoms with van der Waals surface area (Å²) in [4.78, 5) is 14.4. The lowest BCUT2D eigenvalue weighted by Gasteiger charge is -2.30. The van der Waals surface area contributed by atoms with Crippen LogP contribution in [0.3, 0.4) is 0 Å². The number of amides is 1. The standard InChI is InChI=1S/C17H24N2O3/c20-16(9-12-3-1-2-4-12)19-8-7-13-10-14(17(21)18-22)5-6-15(13)11-19/h5-6,10,12,17-18,21-22H,1-4,7-9,11H2. The molecule has 0 radical (unpaired) electrons. The summed E-state index contributed by atoms with van der Waals surface area (Å²) in [7, 11) is 0. The number of fused-ring (bicyclic) bond motifs is 1. The topological polar surface area (TPSA) is 72.8 Å². The number of carbonyl (C=O) groups is 1. The zero-order valence-corrected chi connectivity index (χ0v) is 12.8. The van der Waals surface area contributed by atoms with Crippen LogP contribution in [0.4, 0.5) is 0 Å². The van der Waals surface area contributed by atoms with Crippen LogP contribution in [0.2, 0.25) is 0 Å². The fourth-order valence-corrected chi connectivity index (χ4v) is 3.62. The van der Waals surface area contributed by atoms with Gasteiger partial charge in [-0.1, -0.05) is 31.0 Å². The number of nitrogens with one attached hydrogen (secondary N) is 1. The van der Waals surface area contributed by atoms with E-state index in [1.807, 2.05) is 22.5 Å². The first-order chi connectivity index (χ1) is 10.7. The summed E-state index contributed by atoms with van der Waals surface area (Å²) in [5.41, 5.74) is 4.78. The number of aliphatic hydroxyl groups excluding tert-OH is 1. The predicted molar refractivity (Wildman–Crippen MR) is 82.0 cm³/mol. The Bertz CT molecular complexity index is 541. The fraction of sp³-hybridized carbons (Fsp3) is 0.588. The maximum Gasteiger partial charge on any atom is 0.223 e. The third kappa shape index (κ3) is 3.32. The lowest BCUT2D eigenvalue weighted by atomic mass is 9.95. The quantitative estimate of drug-likeness (QED) is 0.588. The van der Waals surface area contributed by atoms with Crippen LogP contribution in [0.15, 0.2) is 18.2 Å². The lowest BCUT2D eigenvalue weighted by molar-refractivity contribution is -0.133. The Labute approximate surface area is 130 Å². The van der Waals surface area contributed by atoms with E-state index < -0.39 is 6.23 Å². The molecule has 1 amide bonds. The summed E-state index contributed by atoms with van der Waals surface area (Å²) in [5, 5.41) is 18.4. The van der Waals surface area contributed by atoms with Gasteiger partial charge in [0, 0.05) is 19.5 Å². The number of nitrogens with zero attached hydrogens (tertiary/aromatic N) is 1. The third-order valence-corrected chi connectivity index (χ3v) is 4.97. The smallest absolute Gasteiger partial charge is 0.223 e. The second-order valence-electron chi connectivity index (χ2n) is 6.48. The zero-order valence-electron chi connectivity index (χ0n) is 12.8. The van der Waals surface area contributed by atoms with Crippen molar-refractivity contribution in [3.05, 3.63) is 34.9 Å². The second-order valence-corrected chi connectivity index (χ2v) is 6.48. The van der Waals surface area contributed by atoms with Gasteiger partial charge in [-0.25, -0.2) is 0 Å². The highest BCUT2D eigenvalue weighted by atomic mass is 16.5. The van der Waals surface area contributed by atoms with E-state index in [1.54, 1.807) is 6.07 Å². The Morgan fingerprint density at radius 2 is 2.09 bits per heavy atom. The minimum absolute atomic E-state index is 0.277. The number of hydroxylamine groups is 1. The van der Waals surface area contributed by atoms with Crippen molar-refractivity contribution in [2.45, 2.75) is 51.3 Å². The number of rotatable bonds is 4. The second kappa shape index (κ2) is 6.77. The summed E-state index contributed by atoms with van der Waals surface area (Å²) in [6.45, 7) is 1.40. The normalized spacial score (nSPS) is 20.0. The van der Waals surface area contributed by atoms with Crippen LogP contribution in [-0.4, -0.2) is 27.7 Å². The average Bonchev–Trinajstić information content (AvgIpc) is 3.06. The Morgan fingerprint density at radius 1 is 1.32 bits per heavy atom. The molecule has 1 atom stereocenters. The van der Waals surface area contributed by atoms with Crippen LogP contribution in [0.1, 0.15) is 55.0 Å². The highest BCUT2D eigenvalue weighted by Crippen LogP contribution is 2.29. The monoisotopic (exact) mass is 304 g/mol. The maximum absolute atomic E-state index is 12.4. The van der Waals surface area contributed by atoms with Crippen molar-refractivity contribution in [1.29, 1.82) is 0 Å². The minimum atomic E-state index is -1.06. The van der Waals surface area contributed by atoms with Gasteiger partial charge in [-0.05, 0) is 41.9 Å². The van der Waals surface area contributed by atoms with Crippen molar-refractivity contribution in [2.24, 2.45) is 5.92 Å². The minimum Gasteiger partial charge on any atom is -0.372 e. The van der Waals surface area contributed by atoms with Gasteiger partial charge in [0.15, 0.2) is 6.23 Å². The van der Waals surface area contributed by atoms with Gasteiger partial charge < -0.3 is 15.2 Å². The molecule has 1 aliphatic carbocycles. The van der Waals surface area contributed by atoms with E-state index in [9.17, 15) is 9.90 Å². The van der Waals surface area contributed by atoms with Crippen LogP contribution in [0.25, 0.3) is 0 Å². The Hall–Kier alpha value is -1.43. The van der Waals surface area contributed by atoms with Gasteiger partial charge >= 0.3 is 0 Å². The van der Waals surface area contributed by atoms with Crippen LogP contribution in [0.5, 0.6) is 0 Å². The molecule has 0 bridgehead atoms. The van der Waals surface area contributed by atoms with Crippen LogP contribution < -0.4 is 5.48 Å². The van der Waals surface area contributed by atoms with E-state index in [2.05, 4.69) is 0 Å². The van der Waals surface area contributed by atoms with Gasteiger partial charge in [-0.2, -0.15) is 5.48 Å². The molecule has 120 valence electrons. The molecular formula is C17H24N2O3. The van der Waals surface area contributed by atoms with Crippen molar-refractivity contribution in [3.8, 4) is 0 Å². The highest BCUT2D eigenvalue weighted by molar-refractivity contribution is 5.76. The zero-order chi connectivity index (χ0) is 15.5. The Morgan fingerprint density at radius 3 is 2.82 bits per heavy atom. The molecule has 1 unspecified atom stereocenters. The number of hydrogen-bond donors (Lipinski definition) is 3. The molecule has 22 heavy (non-hydrogen) atoms. The molecule has 1 aliphatic heterocycles. The molecule has 3 rings (SSSR count). The highest BCUT2D eigenvalue weighted by Gasteiger charge is 2.25. The largest absolute Gasteiger partial charge is 0.372 e. The van der Waals surface area contributed by atoms with E-state index in [0.29, 0.717) is 24.4 Å². The van der Waals surface area contributed by atoms with E-state index in [0.717, 1.165) is 24.1 Å². The molecule has 1 saturated carbocycles.